The zero-order valence-corrected chi connectivity index (χ0v) is 12.3. The van der Waals surface area contributed by atoms with E-state index in [1.807, 2.05) is 0 Å². The number of carbonyl (C=O) groups is 2. The van der Waals surface area contributed by atoms with Crippen molar-refractivity contribution in [1.82, 2.24) is 9.80 Å². The van der Waals surface area contributed by atoms with Crippen LogP contribution in [0.5, 0.6) is 0 Å². The normalized spacial score (nSPS) is 11.1. The summed E-state index contributed by atoms with van der Waals surface area (Å²) in [6.45, 7) is 6.39. The van der Waals surface area contributed by atoms with Crippen LogP contribution >= 0.6 is 7.82 Å². The van der Waals surface area contributed by atoms with E-state index in [1.165, 1.54) is 23.9 Å². The van der Waals surface area contributed by atoms with Crippen molar-refractivity contribution in [3.05, 3.63) is 25.3 Å². The Morgan fingerprint density at radius 3 is 1.75 bits per heavy atom. The van der Waals surface area contributed by atoms with Gasteiger partial charge in [0.05, 0.1) is 0 Å². The average molecular weight is 306 g/mol. The summed E-state index contributed by atoms with van der Waals surface area (Å²) in [5.74, 6) is -0.857. The molecule has 0 aliphatic heterocycles. The third-order valence-corrected chi connectivity index (χ3v) is 2.92. The number of hydrogen-bond donors (Lipinski definition) is 2. The molecule has 2 amide bonds. The first-order valence-electron chi connectivity index (χ1n) is 5.59. The molecule has 9 heteroatoms. The van der Waals surface area contributed by atoms with Crippen molar-refractivity contribution in [2.24, 2.45) is 0 Å². The van der Waals surface area contributed by atoms with E-state index in [2.05, 4.69) is 17.7 Å². The molecular formula is C11H19N2O6P. The smallest absolute Gasteiger partial charge is 0.340 e. The van der Waals surface area contributed by atoms with Crippen LogP contribution in [-0.4, -0.2) is 64.7 Å². The summed E-state index contributed by atoms with van der Waals surface area (Å²) in [5.41, 5.74) is 0. The number of carbonyl (C=O) groups excluding carboxylic acids is 2. The number of phosphoric acid groups is 1. The van der Waals surface area contributed by atoms with E-state index in [1.54, 1.807) is 0 Å². The average Bonchev–Trinajstić information content (AvgIpc) is 2.34. The molecule has 0 spiro atoms. The number of hydrogen-bond acceptors (Lipinski definition) is 4. The Labute approximate surface area is 117 Å². The fourth-order valence-corrected chi connectivity index (χ4v) is 1.94. The molecule has 2 N–H and O–H groups in total. The van der Waals surface area contributed by atoms with E-state index in [4.69, 9.17) is 9.79 Å². The monoisotopic (exact) mass is 306 g/mol. The van der Waals surface area contributed by atoms with Crippen LogP contribution in [0, 0.1) is 0 Å². The van der Waals surface area contributed by atoms with Crippen LogP contribution in [0.25, 0.3) is 0 Å². The fraction of sp³-hybridized carbons (Fsp3) is 0.455. The molecule has 0 aliphatic rings. The third-order valence-electron chi connectivity index (χ3n) is 2.34. The van der Waals surface area contributed by atoms with Gasteiger partial charge < -0.3 is 19.6 Å². The lowest BCUT2D eigenvalue weighted by atomic mass is 10.3. The molecule has 0 radical (unpaired) electrons. The van der Waals surface area contributed by atoms with Crippen LogP contribution in [0.4, 0.5) is 0 Å². The van der Waals surface area contributed by atoms with Crippen LogP contribution < -0.4 is 0 Å². The molecule has 0 bridgehead atoms. The Morgan fingerprint density at radius 1 is 1.15 bits per heavy atom. The van der Waals surface area contributed by atoms with E-state index < -0.39 is 25.7 Å². The van der Waals surface area contributed by atoms with Gasteiger partial charge in [-0.3, -0.25) is 14.1 Å². The minimum Gasteiger partial charge on any atom is -0.340 e. The van der Waals surface area contributed by atoms with Gasteiger partial charge in [0.2, 0.25) is 11.8 Å². The Bertz CT molecular complexity index is 405. The first-order chi connectivity index (χ1) is 9.10. The molecule has 0 rings (SSSR count). The second kappa shape index (κ2) is 7.96. The molecule has 0 aromatic heterocycles. The largest absolute Gasteiger partial charge is 0.469 e. The number of phosphoric ester groups is 1. The van der Waals surface area contributed by atoms with E-state index in [9.17, 15) is 14.2 Å². The van der Waals surface area contributed by atoms with Gasteiger partial charge in [0.15, 0.2) is 0 Å². The molecule has 8 nitrogen and oxygen atoms in total. The third kappa shape index (κ3) is 7.20. The Morgan fingerprint density at radius 2 is 1.50 bits per heavy atom. The summed E-state index contributed by atoms with van der Waals surface area (Å²) in [6, 6.07) is 0. The van der Waals surface area contributed by atoms with Crippen molar-refractivity contribution in [1.29, 1.82) is 0 Å². The summed E-state index contributed by atoms with van der Waals surface area (Å²) < 4.78 is 15.5. The summed E-state index contributed by atoms with van der Waals surface area (Å²) >= 11 is 0. The Hall–Kier alpha value is -1.47. The van der Waals surface area contributed by atoms with Gasteiger partial charge in [-0.1, -0.05) is 13.2 Å². The molecular weight excluding hydrogens is 287 g/mol. The van der Waals surface area contributed by atoms with Crippen LogP contribution in [-0.2, 0) is 18.7 Å². The number of rotatable bonds is 8. The highest BCUT2D eigenvalue weighted by Crippen LogP contribution is 2.37. The second-order valence-electron chi connectivity index (χ2n) is 4.06. The Balaban J connectivity index is 4.85. The molecule has 0 unspecified atom stereocenters. The summed E-state index contributed by atoms with van der Waals surface area (Å²) in [5, 5.41) is 0. The van der Waals surface area contributed by atoms with Crippen LogP contribution in [0.3, 0.4) is 0 Å². The van der Waals surface area contributed by atoms with E-state index >= 15 is 0 Å². The standard InChI is InChI=1S/C11H19N2O6P/c1-5-10(14)12(3)7-9(19-20(16,17)18)8-13(4)11(15)6-2/h5-6,9H,1-2,7-8H2,3-4H3,(H2,16,17,18). The van der Waals surface area contributed by atoms with Crippen molar-refractivity contribution < 1.29 is 28.5 Å². The van der Waals surface area contributed by atoms with Crippen molar-refractivity contribution in [2.45, 2.75) is 6.10 Å². The number of nitrogens with zero attached hydrogens (tertiary/aromatic N) is 2. The molecule has 0 heterocycles. The molecule has 0 aromatic rings. The minimum absolute atomic E-state index is 0.106. The van der Waals surface area contributed by atoms with Crippen molar-refractivity contribution in [3.63, 3.8) is 0 Å². The van der Waals surface area contributed by atoms with Crippen molar-refractivity contribution in [2.75, 3.05) is 27.2 Å². The fourth-order valence-electron chi connectivity index (χ4n) is 1.42. The van der Waals surface area contributed by atoms with E-state index in [0.29, 0.717) is 0 Å². The summed E-state index contributed by atoms with van der Waals surface area (Å²) in [6.07, 6.45) is 1.08. The predicted molar refractivity (Wildman–Crippen MR) is 72.6 cm³/mol. The van der Waals surface area contributed by atoms with Crippen LogP contribution in [0.2, 0.25) is 0 Å². The van der Waals surface area contributed by atoms with E-state index in [-0.39, 0.29) is 13.1 Å². The molecule has 0 fully saturated rings. The molecule has 114 valence electrons. The SMILES string of the molecule is C=CC(=O)N(C)CC(CN(C)C(=O)C=C)OP(=O)(O)O. The van der Waals surface area contributed by atoms with Gasteiger partial charge in [-0.25, -0.2) is 4.57 Å². The highest BCUT2D eigenvalue weighted by molar-refractivity contribution is 7.46. The highest BCUT2D eigenvalue weighted by atomic mass is 31.2. The molecule has 0 saturated heterocycles. The first kappa shape index (κ1) is 18.5. The maximum Gasteiger partial charge on any atom is 0.469 e. The van der Waals surface area contributed by atoms with Gasteiger partial charge in [-0.05, 0) is 12.2 Å². The minimum atomic E-state index is -4.74. The lowest BCUT2D eigenvalue weighted by molar-refractivity contribution is -0.127. The van der Waals surface area contributed by atoms with Gasteiger partial charge in [0, 0.05) is 27.2 Å². The van der Waals surface area contributed by atoms with Gasteiger partial charge in [-0.2, -0.15) is 0 Å². The van der Waals surface area contributed by atoms with E-state index in [0.717, 1.165) is 12.2 Å². The second-order valence-corrected chi connectivity index (χ2v) is 5.26. The number of likely N-dealkylation sites (N-methyl/N-ethyl adjacent to an activating group) is 2. The van der Waals surface area contributed by atoms with Gasteiger partial charge in [0.25, 0.3) is 0 Å². The van der Waals surface area contributed by atoms with Crippen LogP contribution in [0.1, 0.15) is 0 Å². The molecule has 0 aromatic carbocycles. The Kier molecular flexibility index (Phi) is 7.38. The van der Waals surface area contributed by atoms with Crippen molar-refractivity contribution >= 4 is 19.6 Å². The molecule has 0 aliphatic carbocycles. The lowest BCUT2D eigenvalue weighted by Crippen LogP contribution is -2.42. The maximum absolute atomic E-state index is 11.4. The maximum atomic E-state index is 11.4. The summed E-state index contributed by atoms with van der Waals surface area (Å²) in [4.78, 5) is 42.8. The molecule has 0 atom stereocenters. The lowest BCUT2D eigenvalue weighted by Gasteiger charge is -2.27. The summed E-state index contributed by atoms with van der Waals surface area (Å²) in [7, 11) is -1.89. The number of amides is 2. The van der Waals surface area contributed by atoms with Crippen LogP contribution in [0.15, 0.2) is 25.3 Å². The quantitative estimate of drug-likeness (QED) is 0.473. The zero-order valence-electron chi connectivity index (χ0n) is 11.4. The topological polar surface area (TPSA) is 107 Å². The first-order valence-corrected chi connectivity index (χ1v) is 7.12. The van der Waals surface area contributed by atoms with Gasteiger partial charge >= 0.3 is 7.82 Å². The van der Waals surface area contributed by atoms with Gasteiger partial charge in [0.1, 0.15) is 6.10 Å². The zero-order chi connectivity index (χ0) is 15.9. The predicted octanol–water partition coefficient (Wildman–Crippen LogP) is -0.247. The molecule has 20 heavy (non-hydrogen) atoms. The van der Waals surface area contributed by atoms with Gasteiger partial charge in [-0.15, -0.1) is 0 Å². The highest BCUT2D eigenvalue weighted by Gasteiger charge is 2.26. The molecule has 0 saturated carbocycles. The van der Waals surface area contributed by atoms with Crippen molar-refractivity contribution in [3.8, 4) is 0 Å².